The molecule has 0 bridgehead atoms. The van der Waals surface area contributed by atoms with Crippen molar-refractivity contribution in [3.63, 3.8) is 0 Å². The van der Waals surface area contributed by atoms with Crippen molar-refractivity contribution in [1.29, 1.82) is 0 Å². The van der Waals surface area contributed by atoms with Gasteiger partial charge in [0.15, 0.2) is 0 Å². The van der Waals surface area contributed by atoms with Crippen molar-refractivity contribution >= 4 is 64.1 Å². The summed E-state index contributed by atoms with van der Waals surface area (Å²) in [6, 6.07) is 58.8. The summed E-state index contributed by atoms with van der Waals surface area (Å²) in [7, 11) is 0. The van der Waals surface area contributed by atoms with E-state index < -0.39 is 0 Å². The highest BCUT2D eigenvalue weighted by Crippen LogP contribution is 2.41. The van der Waals surface area contributed by atoms with Crippen molar-refractivity contribution in [2.75, 3.05) is 0 Å². The Morgan fingerprint density at radius 2 is 0.878 bits per heavy atom. The number of hydrogen-bond donors (Lipinski definition) is 0. The lowest BCUT2D eigenvalue weighted by Crippen LogP contribution is -1.94. The second-order valence-electron chi connectivity index (χ2n) is 12.5. The molecule has 228 valence electrons. The molecule has 10 rings (SSSR count). The Kier molecular flexibility index (Phi) is 6.39. The summed E-state index contributed by atoms with van der Waals surface area (Å²) in [6.07, 6.45) is 1.93. The number of nitrogens with zero attached hydrogens (tertiary/aromatic N) is 2. The Balaban J connectivity index is 1.08. The third-order valence-corrected chi connectivity index (χ3v) is 10.9. The molecule has 2 heterocycles. The molecule has 0 saturated heterocycles. The number of hydrogen-bond acceptors (Lipinski definition) is 3. The van der Waals surface area contributed by atoms with E-state index in [9.17, 15) is 0 Å². The molecule has 0 aliphatic heterocycles. The third kappa shape index (κ3) is 4.55. The van der Waals surface area contributed by atoms with E-state index in [0.717, 1.165) is 44.2 Å². The van der Waals surface area contributed by atoms with Crippen LogP contribution in [0.25, 0.3) is 97.4 Å². The Morgan fingerprint density at radius 1 is 0.367 bits per heavy atom. The zero-order valence-corrected chi connectivity index (χ0v) is 27.3. The van der Waals surface area contributed by atoms with Crippen LogP contribution >= 0.6 is 11.3 Å². The Morgan fingerprint density at radius 3 is 1.61 bits per heavy atom. The van der Waals surface area contributed by atoms with Gasteiger partial charge in [-0.15, -0.1) is 11.3 Å². The summed E-state index contributed by atoms with van der Waals surface area (Å²) >= 11 is 1.87. The van der Waals surface area contributed by atoms with Crippen LogP contribution in [-0.4, -0.2) is 9.97 Å². The highest BCUT2D eigenvalue weighted by atomic mass is 32.1. The molecule has 3 heteroatoms. The fourth-order valence-electron chi connectivity index (χ4n) is 7.42. The molecule has 0 radical (unpaired) electrons. The quantitative estimate of drug-likeness (QED) is 0.179. The van der Waals surface area contributed by atoms with Crippen LogP contribution in [0.4, 0.5) is 0 Å². The molecule has 0 aliphatic rings. The first-order chi connectivity index (χ1) is 24.3. The molecule has 0 unspecified atom stereocenters. The standard InChI is InChI=1S/C46H28N2S/c1-4-19-37(42-28-47-44-39-21-5-2-17-35(39)36-18-3-6-22-40(36)45(44)48-42)33(16-1)31-14-9-12-29(26-31)30-13-10-15-32(27-30)34-23-11-24-41-38-20-7-8-25-43(38)49-46(34)41/h1-28H. The lowest BCUT2D eigenvalue weighted by molar-refractivity contribution is 1.31. The van der Waals surface area contributed by atoms with Gasteiger partial charge in [-0.05, 0) is 62.4 Å². The van der Waals surface area contributed by atoms with E-state index in [1.54, 1.807) is 0 Å². The molecule has 2 aromatic heterocycles. The summed E-state index contributed by atoms with van der Waals surface area (Å²) in [5, 5.41) is 7.29. The maximum Gasteiger partial charge on any atom is 0.0979 e. The predicted octanol–water partition coefficient (Wildman–Crippen LogP) is 13.0. The average Bonchev–Trinajstić information content (AvgIpc) is 3.57. The topological polar surface area (TPSA) is 25.8 Å². The van der Waals surface area contributed by atoms with Gasteiger partial charge in [-0.2, -0.15) is 0 Å². The first-order valence-corrected chi connectivity index (χ1v) is 17.4. The van der Waals surface area contributed by atoms with Crippen molar-refractivity contribution in [3.8, 4) is 44.6 Å². The minimum Gasteiger partial charge on any atom is -0.252 e. The highest BCUT2D eigenvalue weighted by molar-refractivity contribution is 7.26. The third-order valence-electron chi connectivity index (χ3n) is 9.71. The van der Waals surface area contributed by atoms with Crippen LogP contribution in [0.5, 0.6) is 0 Å². The van der Waals surface area contributed by atoms with Gasteiger partial charge in [0.05, 0.1) is 22.9 Å². The lowest BCUT2D eigenvalue weighted by Gasteiger charge is -2.13. The van der Waals surface area contributed by atoms with Gasteiger partial charge in [0, 0.05) is 36.5 Å². The van der Waals surface area contributed by atoms with Gasteiger partial charge in [0.25, 0.3) is 0 Å². The van der Waals surface area contributed by atoms with Crippen molar-refractivity contribution in [3.05, 3.63) is 170 Å². The number of benzene rings is 8. The van der Waals surface area contributed by atoms with Gasteiger partial charge in [-0.1, -0.05) is 146 Å². The number of thiophene rings is 1. The van der Waals surface area contributed by atoms with E-state index in [-0.39, 0.29) is 0 Å². The second-order valence-corrected chi connectivity index (χ2v) is 13.6. The van der Waals surface area contributed by atoms with E-state index in [1.807, 2.05) is 17.5 Å². The van der Waals surface area contributed by atoms with Crippen molar-refractivity contribution in [2.24, 2.45) is 0 Å². The molecule has 0 spiro atoms. The monoisotopic (exact) mass is 640 g/mol. The van der Waals surface area contributed by atoms with Crippen molar-refractivity contribution in [2.45, 2.75) is 0 Å². The van der Waals surface area contributed by atoms with Gasteiger partial charge >= 0.3 is 0 Å². The summed E-state index contributed by atoms with van der Waals surface area (Å²) in [4.78, 5) is 10.4. The molecule has 0 fully saturated rings. The molecule has 49 heavy (non-hydrogen) atoms. The molecular formula is C46H28N2S. The van der Waals surface area contributed by atoms with E-state index >= 15 is 0 Å². The van der Waals surface area contributed by atoms with Gasteiger partial charge in [0.1, 0.15) is 0 Å². The van der Waals surface area contributed by atoms with Gasteiger partial charge < -0.3 is 0 Å². The van der Waals surface area contributed by atoms with Crippen LogP contribution < -0.4 is 0 Å². The maximum atomic E-state index is 5.31. The normalized spacial score (nSPS) is 11.7. The lowest BCUT2D eigenvalue weighted by atomic mass is 9.93. The van der Waals surface area contributed by atoms with Gasteiger partial charge in [0.2, 0.25) is 0 Å². The van der Waals surface area contributed by atoms with E-state index in [1.165, 1.54) is 53.2 Å². The van der Waals surface area contributed by atoms with Crippen LogP contribution in [0.3, 0.4) is 0 Å². The molecule has 10 aromatic rings. The van der Waals surface area contributed by atoms with Crippen LogP contribution in [0.2, 0.25) is 0 Å². The van der Waals surface area contributed by atoms with Crippen LogP contribution in [0.15, 0.2) is 170 Å². The smallest absolute Gasteiger partial charge is 0.0979 e. The fourth-order valence-corrected chi connectivity index (χ4v) is 8.66. The van der Waals surface area contributed by atoms with Crippen molar-refractivity contribution < 1.29 is 0 Å². The summed E-state index contributed by atoms with van der Waals surface area (Å²) in [5.74, 6) is 0. The minimum atomic E-state index is 0.868. The highest BCUT2D eigenvalue weighted by Gasteiger charge is 2.15. The van der Waals surface area contributed by atoms with Crippen molar-refractivity contribution in [1.82, 2.24) is 9.97 Å². The molecule has 0 saturated carbocycles. The van der Waals surface area contributed by atoms with E-state index in [0.29, 0.717) is 0 Å². The molecular weight excluding hydrogens is 613 g/mol. The fraction of sp³-hybridized carbons (Fsp3) is 0. The maximum absolute atomic E-state index is 5.31. The summed E-state index contributed by atoms with van der Waals surface area (Å²) < 4.78 is 2.66. The molecule has 0 N–H and O–H groups in total. The second kappa shape index (κ2) is 11.2. The van der Waals surface area contributed by atoms with Gasteiger partial charge in [-0.3, -0.25) is 4.98 Å². The Bertz CT molecular complexity index is 2870. The summed E-state index contributed by atoms with van der Waals surface area (Å²) in [5.41, 5.74) is 11.0. The molecule has 0 amide bonds. The largest absolute Gasteiger partial charge is 0.252 e. The molecule has 8 aromatic carbocycles. The van der Waals surface area contributed by atoms with E-state index in [4.69, 9.17) is 9.97 Å². The Hall–Kier alpha value is -6.16. The molecule has 0 atom stereocenters. The minimum absolute atomic E-state index is 0.868. The zero-order chi connectivity index (χ0) is 32.3. The number of fused-ring (bicyclic) bond motifs is 9. The Labute approximate surface area is 287 Å². The molecule has 0 aliphatic carbocycles. The number of rotatable bonds is 4. The van der Waals surface area contributed by atoms with Crippen LogP contribution in [0, 0.1) is 0 Å². The zero-order valence-electron chi connectivity index (χ0n) is 26.5. The van der Waals surface area contributed by atoms with Gasteiger partial charge in [-0.25, -0.2) is 4.98 Å². The predicted molar refractivity (Wildman–Crippen MR) is 209 cm³/mol. The van der Waals surface area contributed by atoms with Crippen LogP contribution in [0.1, 0.15) is 0 Å². The SMILES string of the molecule is c1cc(-c2cccc(-c3cccc4c3sc3ccccc34)c2)cc(-c2ccccc2-c2cnc3c4ccccc4c4ccccc4c3n2)c1. The average molecular weight is 641 g/mol. The molecule has 2 nitrogen and oxygen atoms in total. The first kappa shape index (κ1) is 27.9. The van der Waals surface area contributed by atoms with Crippen LogP contribution in [-0.2, 0) is 0 Å². The van der Waals surface area contributed by atoms with E-state index in [2.05, 4.69) is 164 Å². The number of aromatic nitrogens is 2. The summed E-state index contributed by atoms with van der Waals surface area (Å²) in [6.45, 7) is 0. The first-order valence-electron chi connectivity index (χ1n) is 16.6.